The van der Waals surface area contributed by atoms with E-state index in [9.17, 15) is 4.79 Å². The first-order valence-electron chi connectivity index (χ1n) is 10.1. The zero-order valence-corrected chi connectivity index (χ0v) is 16.8. The first-order chi connectivity index (χ1) is 13.6. The SMILES string of the molecule is CCCc1cnc(N2C[C@@H]3CN(C(C)=O)[C@@H](c4ccc(OC)cc4)[C@@H]3C2)nc1. The van der Waals surface area contributed by atoms with E-state index in [1.54, 1.807) is 14.0 Å². The smallest absolute Gasteiger partial charge is 0.225 e. The van der Waals surface area contributed by atoms with Crippen molar-refractivity contribution in [3.05, 3.63) is 47.8 Å². The summed E-state index contributed by atoms with van der Waals surface area (Å²) in [7, 11) is 1.67. The van der Waals surface area contributed by atoms with Crippen LogP contribution in [0.15, 0.2) is 36.7 Å². The number of benzene rings is 1. The molecule has 3 atom stereocenters. The van der Waals surface area contributed by atoms with Crippen LogP contribution >= 0.6 is 0 Å². The van der Waals surface area contributed by atoms with Gasteiger partial charge < -0.3 is 14.5 Å². The van der Waals surface area contributed by atoms with E-state index in [0.717, 1.165) is 44.2 Å². The van der Waals surface area contributed by atoms with Gasteiger partial charge in [0.1, 0.15) is 5.75 Å². The highest BCUT2D eigenvalue weighted by molar-refractivity contribution is 5.74. The molecular formula is C22H28N4O2. The fourth-order valence-corrected chi connectivity index (χ4v) is 4.69. The Balaban J connectivity index is 1.55. The van der Waals surface area contributed by atoms with E-state index in [-0.39, 0.29) is 11.9 Å². The van der Waals surface area contributed by atoms with Crippen LogP contribution in [0.4, 0.5) is 5.95 Å². The van der Waals surface area contributed by atoms with E-state index in [1.807, 2.05) is 29.4 Å². The van der Waals surface area contributed by atoms with Crippen molar-refractivity contribution in [1.82, 2.24) is 14.9 Å². The molecule has 6 nitrogen and oxygen atoms in total. The molecule has 2 aliphatic rings. The van der Waals surface area contributed by atoms with Crippen LogP contribution in [-0.4, -0.2) is 47.5 Å². The number of fused-ring (bicyclic) bond motifs is 1. The Morgan fingerprint density at radius 2 is 1.86 bits per heavy atom. The molecular weight excluding hydrogens is 352 g/mol. The first-order valence-corrected chi connectivity index (χ1v) is 10.1. The summed E-state index contributed by atoms with van der Waals surface area (Å²) < 4.78 is 5.29. The molecule has 2 aromatic rings. The highest BCUT2D eigenvalue weighted by Gasteiger charge is 2.48. The fourth-order valence-electron chi connectivity index (χ4n) is 4.69. The molecule has 2 saturated heterocycles. The third-order valence-corrected chi connectivity index (χ3v) is 6.04. The van der Waals surface area contributed by atoms with Crippen LogP contribution in [0.1, 0.15) is 37.4 Å². The number of likely N-dealkylation sites (tertiary alicyclic amines) is 1. The van der Waals surface area contributed by atoms with Gasteiger partial charge in [0.15, 0.2) is 0 Å². The summed E-state index contributed by atoms with van der Waals surface area (Å²) in [4.78, 5) is 25.8. The number of ether oxygens (including phenoxy) is 1. The van der Waals surface area contributed by atoms with Crippen LogP contribution in [0.5, 0.6) is 5.75 Å². The van der Waals surface area contributed by atoms with Gasteiger partial charge in [-0.15, -0.1) is 0 Å². The van der Waals surface area contributed by atoms with Gasteiger partial charge in [0.2, 0.25) is 11.9 Å². The Morgan fingerprint density at radius 3 is 2.46 bits per heavy atom. The second kappa shape index (κ2) is 7.78. The van der Waals surface area contributed by atoms with Crippen molar-refractivity contribution in [2.45, 2.75) is 32.7 Å². The zero-order valence-electron chi connectivity index (χ0n) is 16.8. The Labute approximate surface area is 166 Å². The van der Waals surface area contributed by atoms with Gasteiger partial charge in [-0.05, 0) is 29.7 Å². The van der Waals surface area contributed by atoms with Gasteiger partial charge in [0, 0.05) is 50.8 Å². The number of rotatable bonds is 5. The predicted molar refractivity (Wildman–Crippen MR) is 108 cm³/mol. The van der Waals surface area contributed by atoms with Gasteiger partial charge in [0.25, 0.3) is 0 Å². The molecule has 0 radical (unpaired) electrons. The molecule has 0 bridgehead atoms. The number of methoxy groups -OCH3 is 1. The minimum Gasteiger partial charge on any atom is -0.497 e. The normalized spacial score (nSPS) is 23.8. The second-order valence-electron chi connectivity index (χ2n) is 7.86. The van der Waals surface area contributed by atoms with E-state index in [1.165, 1.54) is 11.1 Å². The minimum atomic E-state index is 0.0952. The molecule has 0 N–H and O–H groups in total. The van der Waals surface area contributed by atoms with Crippen LogP contribution in [0, 0.1) is 11.8 Å². The van der Waals surface area contributed by atoms with Gasteiger partial charge in [-0.2, -0.15) is 0 Å². The van der Waals surface area contributed by atoms with Crippen molar-refractivity contribution in [1.29, 1.82) is 0 Å². The quantitative estimate of drug-likeness (QED) is 0.798. The van der Waals surface area contributed by atoms with E-state index < -0.39 is 0 Å². The lowest BCUT2D eigenvalue weighted by atomic mass is 9.89. The summed E-state index contributed by atoms with van der Waals surface area (Å²) >= 11 is 0. The summed E-state index contributed by atoms with van der Waals surface area (Å²) in [5.41, 5.74) is 2.36. The van der Waals surface area contributed by atoms with Gasteiger partial charge >= 0.3 is 0 Å². The summed E-state index contributed by atoms with van der Waals surface area (Å²) in [6.07, 6.45) is 6.01. The highest BCUT2D eigenvalue weighted by atomic mass is 16.5. The molecule has 2 fully saturated rings. The van der Waals surface area contributed by atoms with Crippen molar-refractivity contribution < 1.29 is 9.53 Å². The number of amides is 1. The van der Waals surface area contributed by atoms with Crippen molar-refractivity contribution in [2.24, 2.45) is 11.8 Å². The van der Waals surface area contributed by atoms with E-state index in [0.29, 0.717) is 11.8 Å². The van der Waals surface area contributed by atoms with Crippen LogP contribution in [0.2, 0.25) is 0 Å². The minimum absolute atomic E-state index is 0.0952. The van der Waals surface area contributed by atoms with Crippen LogP contribution in [-0.2, 0) is 11.2 Å². The molecule has 1 amide bonds. The van der Waals surface area contributed by atoms with Crippen molar-refractivity contribution in [3.8, 4) is 5.75 Å². The number of carbonyl (C=O) groups excluding carboxylic acids is 1. The van der Waals surface area contributed by atoms with Crippen molar-refractivity contribution >= 4 is 11.9 Å². The highest BCUT2D eigenvalue weighted by Crippen LogP contribution is 2.45. The third-order valence-electron chi connectivity index (χ3n) is 6.04. The van der Waals surface area contributed by atoms with E-state index in [4.69, 9.17) is 4.74 Å². The number of carbonyl (C=O) groups is 1. The second-order valence-corrected chi connectivity index (χ2v) is 7.86. The van der Waals surface area contributed by atoms with Crippen LogP contribution < -0.4 is 9.64 Å². The molecule has 0 spiro atoms. The number of anilines is 1. The number of aromatic nitrogens is 2. The maximum Gasteiger partial charge on any atom is 0.225 e. The lowest BCUT2D eigenvalue weighted by Crippen LogP contribution is -2.34. The predicted octanol–water partition coefficient (Wildman–Crippen LogP) is 3.09. The summed E-state index contributed by atoms with van der Waals surface area (Å²) in [6, 6.07) is 8.21. The molecule has 28 heavy (non-hydrogen) atoms. The topological polar surface area (TPSA) is 58.6 Å². The molecule has 0 aliphatic carbocycles. The summed E-state index contributed by atoms with van der Waals surface area (Å²) in [6.45, 7) is 6.40. The van der Waals surface area contributed by atoms with Gasteiger partial charge in [-0.3, -0.25) is 4.79 Å². The Bertz CT molecular complexity index is 821. The lowest BCUT2D eigenvalue weighted by Gasteiger charge is -2.29. The third kappa shape index (κ3) is 3.43. The molecule has 3 heterocycles. The average Bonchev–Trinajstić information content (AvgIpc) is 3.27. The fraction of sp³-hybridized carbons (Fsp3) is 0.500. The van der Waals surface area contributed by atoms with Crippen LogP contribution in [0.25, 0.3) is 0 Å². The van der Waals surface area contributed by atoms with E-state index in [2.05, 4.69) is 33.9 Å². The molecule has 148 valence electrons. The number of hydrogen-bond donors (Lipinski definition) is 0. The standard InChI is InChI=1S/C22H28N4O2/c1-4-5-16-10-23-22(24-11-16)25-12-18-13-26(15(2)27)21(20(18)14-25)17-6-8-19(28-3)9-7-17/h6-11,18,20-21H,4-5,12-14H2,1-3H3/t18-,20-,21+/m1/s1. The zero-order chi connectivity index (χ0) is 19.7. The van der Waals surface area contributed by atoms with Crippen molar-refractivity contribution in [3.63, 3.8) is 0 Å². The monoisotopic (exact) mass is 380 g/mol. The molecule has 1 aromatic heterocycles. The first kappa shape index (κ1) is 18.7. The average molecular weight is 380 g/mol. The Morgan fingerprint density at radius 1 is 1.14 bits per heavy atom. The summed E-state index contributed by atoms with van der Waals surface area (Å²) in [5, 5.41) is 0. The van der Waals surface area contributed by atoms with E-state index >= 15 is 0 Å². The maximum absolute atomic E-state index is 12.3. The number of hydrogen-bond acceptors (Lipinski definition) is 5. The van der Waals surface area contributed by atoms with Crippen LogP contribution in [0.3, 0.4) is 0 Å². The Kier molecular flexibility index (Phi) is 5.20. The largest absolute Gasteiger partial charge is 0.497 e. The number of aryl methyl sites for hydroxylation is 1. The summed E-state index contributed by atoms with van der Waals surface area (Å²) in [5.74, 6) is 2.60. The molecule has 2 aliphatic heterocycles. The van der Waals surface area contributed by atoms with Gasteiger partial charge in [-0.25, -0.2) is 9.97 Å². The molecule has 0 saturated carbocycles. The maximum atomic E-state index is 12.3. The molecule has 0 unspecified atom stereocenters. The van der Waals surface area contributed by atoms with Crippen molar-refractivity contribution in [2.75, 3.05) is 31.6 Å². The molecule has 4 rings (SSSR count). The number of nitrogens with zero attached hydrogens (tertiary/aromatic N) is 4. The lowest BCUT2D eigenvalue weighted by molar-refractivity contribution is -0.130. The molecule has 6 heteroatoms. The van der Waals surface area contributed by atoms with Gasteiger partial charge in [0.05, 0.1) is 13.2 Å². The van der Waals surface area contributed by atoms with Gasteiger partial charge in [-0.1, -0.05) is 25.5 Å². The molecule has 1 aromatic carbocycles. The Hall–Kier alpha value is -2.63.